The number of hydrogen-bond donors (Lipinski definition) is 2. The molecule has 1 aromatic rings. The minimum absolute atomic E-state index is 0.307. The van der Waals surface area contributed by atoms with Gasteiger partial charge in [0.25, 0.3) is 0 Å². The Balaban J connectivity index is 2.77. The first-order valence-electron chi connectivity index (χ1n) is 5.71. The van der Waals surface area contributed by atoms with Gasteiger partial charge in [-0.15, -0.1) is 0 Å². The number of hydrogen-bond acceptors (Lipinski definition) is 4. The first-order chi connectivity index (χ1) is 8.06. The molecule has 4 nitrogen and oxygen atoms in total. The molecule has 0 radical (unpaired) electrons. The molecule has 0 fully saturated rings. The van der Waals surface area contributed by atoms with Crippen molar-refractivity contribution in [1.82, 2.24) is 0 Å². The van der Waals surface area contributed by atoms with E-state index in [1.54, 1.807) is 14.0 Å². The maximum Gasteiger partial charge on any atom is 0.0947 e. The number of aliphatic hydroxyl groups excluding tert-OH is 2. The van der Waals surface area contributed by atoms with Crippen molar-refractivity contribution in [1.29, 1.82) is 0 Å². The fraction of sp³-hybridized carbons (Fsp3) is 0.538. The lowest BCUT2D eigenvalue weighted by atomic mass is 10.1. The van der Waals surface area contributed by atoms with Gasteiger partial charge in [0.2, 0.25) is 0 Å². The van der Waals surface area contributed by atoms with Gasteiger partial charge >= 0.3 is 0 Å². The van der Waals surface area contributed by atoms with Crippen LogP contribution in [-0.2, 0) is 4.74 Å². The fourth-order valence-corrected chi connectivity index (χ4v) is 1.85. The number of methoxy groups -OCH3 is 1. The lowest BCUT2D eigenvalue weighted by Gasteiger charge is -2.25. The highest BCUT2D eigenvalue weighted by Gasteiger charge is 2.13. The highest BCUT2D eigenvalue weighted by molar-refractivity contribution is 5.54. The molecule has 2 atom stereocenters. The van der Waals surface area contributed by atoms with Crippen LogP contribution in [0.4, 0.5) is 5.69 Å². The van der Waals surface area contributed by atoms with Crippen LogP contribution >= 0.6 is 0 Å². The molecule has 0 bridgehead atoms. The van der Waals surface area contributed by atoms with Crippen LogP contribution in [-0.4, -0.2) is 43.6 Å². The van der Waals surface area contributed by atoms with Crippen molar-refractivity contribution < 1.29 is 14.9 Å². The summed E-state index contributed by atoms with van der Waals surface area (Å²) in [5.74, 6) is 0. The van der Waals surface area contributed by atoms with Crippen LogP contribution in [0.5, 0.6) is 0 Å². The summed E-state index contributed by atoms with van der Waals surface area (Å²) in [5, 5.41) is 19.4. The van der Waals surface area contributed by atoms with Crippen LogP contribution in [0, 0.1) is 0 Å². The second-order valence-corrected chi connectivity index (χ2v) is 4.22. The third-order valence-electron chi connectivity index (χ3n) is 2.64. The van der Waals surface area contributed by atoms with E-state index in [0.717, 1.165) is 11.3 Å². The summed E-state index contributed by atoms with van der Waals surface area (Å²) >= 11 is 0. The van der Waals surface area contributed by atoms with Crippen LogP contribution in [0.15, 0.2) is 24.3 Å². The van der Waals surface area contributed by atoms with Crippen LogP contribution in [0.25, 0.3) is 0 Å². The number of ether oxygens (including phenoxy) is 1. The Kier molecular flexibility index (Phi) is 5.41. The average Bonchev–Trinajstić information content (AvgIpc) is 2.29. The molecule has 0 amide bonds. The predicted molar refractivity (Wildman–Crippen MR) is 68.2 cm³/mol. The van der Waals surface area contributed by atoms with Gasteiger partial charge in [-0.1, -0.05) is 18.2 Å². The van der Waals surface area contributed by atoms with Crippen molar-refractivity contribution in [3.05, 3.63) is 29.8 Å². The Bertz CT molecular complexity index is 341. The Labute approximate surface area is 102 Å². The lowest BCUT2D eigenvalue weighted by molar-refractivity contribution is 0.0694. The third kappa shape index (κ3) is 4.00. The van der Waals surface area contributed by atoms with Gasteiger partial charge in [-0.2, -0.15) is 0 Å². The number of benzene rings is 1. The Morgan fingerprint density at radius 1 is 1.29 bits per heavy atom. The quantitative estimate of drug-likeness (QED) is 0.783. The van der Waals surface area contributed by atoms with Gasteiger partial charge in [-0.05, 0) is 13.0 Å². The Morgan fingerprint density at radius 2 is 1.94 bits per heavy atom. The Hall–Kier alpha value is -1.10. The second-order valence-electron chi connectivity index (χ2n) is 4.22. The molecular weight excluding hydrogens is 218 g/mol. The molecule has 1 rings (SSSR count). The smallest absolute Gasteiger partial charge is 0.0947 e. The minimum Gasteiger partial charge on any atom is -0.389 e. The van der Waals surface area contributed by atoms with Crippen LogP contribution < -0.4 is 4.90 Å². The van der Waals surface area contributed by atoms with Gasteiger partial charge < -0.3 is 19.8 Å². The van der Waals surface area contributed by atoms with E-state index < -0.39 is 12.2 Å². The maximum atomic E-state index is 9.68. The van der Waals surface area contributed by atoms with Gasteiger partial charge in [0.05, 0.1) is 18.8 Å². The zero-order chi connectivity index (χ0) is 12.8. The molecule has 0 saturated carbocycles. The third-order valence-corrected chi connectivity index (χ3v) is 2.64. The Morgan fingerprint density at radius 3 is 2.53 bits per heavy atom. The first kappa shape index (κ1) is 14.0. The number of rotatable bonds is 6. The van der Waals surface area contributed by atoms with Crippen molar-refractivity contribution in [3.63, 3.8) is 0 Å². The summed E-state index contributed by atoms with van der Waals surface area (Å²) < 4.78 is 4.89. The van der Waals surface area contributed by atoms with Crippen molar-refractivity contribution >= 4 is 5.69 Å². The first-order valence-corrected chi connectivity index (χ1v) is 5.71. The van der Waals surface area contributed by atoms with E-state index in [2.05, 4.69) is 0 Å². The standard InChI is InChI=1S/C13H21NO3/c1-10(15)12-6-4-5-7-13(12)14(2)8-11(16)9-17-3/h4-7,10-11,15-16H,8-9H2,1-3H3. The molecule has 0 heterocycles. The molecule has 0 aliphatic rings. The van der Waals surface area contributed by atoms with Gasteiger partial charge in [-0.3, -0.25) is 0 Å². The molecule has 0 aliphatic carbocycles. The maximum absolute atomic E-state index is 9.68. The van der Waals surface area contributed by atoms with E-state index >= 15 is 0 Å². The number of nitrogens with zero attached hydrogens (tertiary/aromatic N) is 1. The van der Waals surface area contributed by atoms with E-state index in [9.17, 15) is 10.2 Å². The largest absolute Gasteiger partial charge is 0.389 e. The van der Waals surface area contributed by atoms with E-state index in [1.807, 2.05) is 36.2 Å². The van der Waals surface area contributed by atoms with E-state index in [4.69, 9.17) is 4.74 Å². The fourth-order valence-electron chi connectivity index (χ4n) is 1.85. The number of likely N-dealkylation sites (N-methyl/N-ethyl adjacent to an activating group) is 1. The summed E-state index contributed by atoms with van der Waals surface area (Å²) in [6.07, 6.45) is -1.06. The molecule has 1 aromatic carbocycles. The highest BCUT2D eigenvalue weighted by Crippen LogP contribution is 2.25. The van der Waals surface area contributed by atoms with Crippen molar-refractivity contribution in [2.75, 3.05) is 32.2 Å². The van der Waals surface area contributed by atoms with Gasteiger partial charge in [0, 0.05) is 32.0 Å². The number of anilines is 1. The topological polar surface area (TPSA) is 52.9 Å². The van der Waals surface area contributed by atoms with E-state index in [-0.39, 0.29) is 0 Å². The van der Waals surface area contributed by atoms with Crippen LogP contribution in [0.3, 0.4) is 0 Å². The molecule has 2 unspecified atom stereocenters. The van der Waals surface area contributed by atoms with Crippen LogP contribution in [0.2, 0.25) is 0 Å². The van der Waals surface area contributed by atoms with E-state index in [0.29, 0.717) is 13.2 Å². The molecule has 0 aromatic heterocycles. The summed E-state index contributed by atoms with van der Waals surface area (Å²) in [7, 11) is 3.45. The lowest BCUT2D eigenvalue weighted by Crippen LogP contribution is -2.32. The zero-order valence-corrected chi connectivity index (χ0v) is 10.6. The van der Waals surface area contributed by atoms with Gasteiger partial charge in [0.15, 0.2) is 0 Å². The summed E-state index contributed by atoms with van der Waals surface area (Å²) in [6, 6.07) is 7.63. The van der Waals surface area contributed by atoms with Crippen LogP contribution in [0.1, 0.15) is 18.6 Å². The molecular formula is C13H21NO3. The number of aliphatic hydroxyl groups is 2. The predicted octanol–water partition coefficient (Wildman–Crippen LogP) is 1.18. The van der Waals surface area contributed by atoms with Crippen molar-refractivity contribution in [3.8, 4) is 0 Å². The average molecular weight is 239 g/mol. The normalized spacial score (nSPS) is 14.4. The molecule has 0 aliphatic heterocycles. The zero-order valence-electron chi connectivity index (χ0n) is 10.6. The SMILES string of the molecule is COCC(O)CN(C)c1ccccc1C(C)O. The molecule has 96 valence electrons. The molecule has 0 spiro atoms. The molecule has 4 heteroatoms. The van der Waals surface area contributed by atoms with Crippen molar-refractivity contribution in [2.24, 2.45) is 0 Å². The number of para-hydroxylation sites is 1. The van der Waals surface area contributed by atoms with E-state index in [1.165, 1.54) is 0 Å². The summed E-state index contributed by atoms with van der Waals surface area (Å²) in [4.78, 5) is 1.92. The van der Waals surface area contributed by atoms with Gasteiger partial charge in [0.1, 0.15) is 0 Å². The minimum atomic E-state index is -0.535. The molecule has 17 heavy (non-hydrogen) atoms. The summed E-state index contributed by atoms with van der Waals surface area (Å²) in [5.41, 5.74) is 1.79. The molecule has 0 saturated heterocycles. The molecule has 2 N–H and O–H groups in total. The van der Waals surface area contributed by atoms with Crippen molar-refractivity contribution in [2.45, 2.75) is 19.1 Å². The second kappa shape index (κ2) is 6.59. The monoisotopic (exact) mass is 239 g/mol. The summed E-state index contributed by atoms with van der Waals surface area (Å²) in [6.45, 7) is 2.51. The highest BCUT2D eigenvalue weighted by atomic mass is 16.5. The van der Waals surface area contributed by atoms with Gasteiger partial charge in [-0.25, -0.2) is 0 Å².